The van der Waals surface area contributed by atoms with Crippen LogP contribution < -0.4 is 4.90 Å². The predicted octanol–water partition coefficient (Wildman–Crippen LogP) is 2.50. The number of hydrogen-bond donors (Lipinski definition) is 0. The van der Waals surface area contributed by atoms with Gasteiger partial charge in [0.05, 0.1) is 25.6 Å². The molecule has 2 saturated heterocycles. The van der Waals surface area contributed by atoms with Gasteiger partial charge >= 0.3 is 6.09 Å². The first kappa shape index (κ1) is 19.2. The highest BCUT2D eigenvalue weighted by atomic mass is 35.5. The zero-order valence-corrected chi connectivity index (χ0v) is 17.1. The molecule has 0 unspecified atom stereocenters. The molecular weight excluding hydrogens is 384 g/mol. The van der Waals surface area contributed by atoms with Crippen LogP contribution in [0.5, 0.6) is 0 Å². The van der Waals surface area contributed by atoms with E-state index >= 15 is 0 Å². The van der Waals surface area contributed by atoms with Gasteiger partial charge < -0.3 is 23.8 Å². The SMILES string of the molecule is CC(C)(C)OC(=O)N1CC[C@H](n2cnc3c(N4CCOCC4)nc(Cl)nc32)C1. The molecule has 2 aliphatic rings. The number of rotatable bonds is 2. The molecule has 10 heteroatoms. The molecule has 4 rings (SSSR count). The minimum Gasteiger partial charge on any atom is -0.444 e. The van der Waals surface area contributed by atoms with Gasteiger partial charge in [0.25, 0.3) is 0 Å². The van der Waals surface area contributed by atoms with Gasteiger partial charge in [-0.3, -0.25) is 0 Å². The lowest BCUT2D eigenvalue weighted by Crippen LogP contribution is -2.37. The Hall–Kier alpha value is -2.13. The van der Waals surface area contributed by atoms with E-state index in [4.69, 9.17) is 21.1 Å². The number of fused-ring (bicyclic) bond motifs is 1. The number of ether oxygens (including phenoxy) is 2. The summed E-state index contributed by atoms with van der Waals surface area (Å²) >= 11 is 6.22. The molecule has 2 fully saturated rings. The third kappa shape index (κ3) is 3.86. The van der Waals surface area contributed by atoms with Crippen LogP contribution in [0.1, 0.15) is 33.2 Å². The number of hydrogen-bond acceptors (Lipinski definition) is 7. The first-order chi connectivity index (χ1) is 13.3. The number of aromatic nitrogens is 4. The highest BCUT2D eigenvalue weighted by Crippen LogP contribution is 2.30. The van der Waals surface area contributed by atoms with Gasteiger partial charge in [-0.15, -0.1) is 0 Å². The first-order valence-corrected chi connectivity index (χ1v) is 9.90. The molecule has 0 radical (unpaired) electrons. The lowest BCUT2D eigenvalue weighted by molar-refractivity contribution is 0.0289. The van der Waals surface area contributed by atoms with Crippen molar-refractivity contribution < 1.29 is 14.3 Å². The average Bonchev–Trinajstić information content (AvgIpc) is 3.27. The minimum atomic E-state index is -0.509. The lowest BCUT2D eigenvalue weighted by Gasteiger charge is -2.27. The number of morpholine rings is 1. The minimum absolute atomic E-state index is 0.0704. The maximum atomic E-state index is 12.4. The van der Waals surface area contributed by atoms with E-state index in [9.17, 15) is 4.79 Å². The number of carbonyl (C=O) groups is 1. The fourth-order valence-corrected chi connectivity index (χ4v) is 3.76. The van der Waals surface area contributed by atoms with E-state index in [0.29, 0.717) is 32.0 Å². The largest absolute Gasteiger partial charge is 0.444 e. The fourth-order valence-electron chi connectivity index (χ4n) is 3.60. The molecule has 2 aromatic heterocycles. The zero-order chi connectivity index (χ0) is 19.9. The van der Waals surface area contributed by atoms with Crippen LogP contribution in [0, 0.1) is 0 Å². The summed E-state index contributed by atoms with van der Waals surface area (Å²) in [7, 11) is 0. The topological polar surface area (TPSA) is 85.6 Å². The third-order valence-corrected chi connectivity index (χ3v) is 5.06. The molecule has 1 amide bonds. The summed E-state index contributed by atoms with van der Waals surface area (Å²) in [5, 5.41) is 0.192. The van der Waals surface area contributed by atoms with Gasteiger partial charge in [-0.1, -0.05) is 0 Å². The van der Waals surface area contributed by atoms with Crippen LogP contribution in [-0.2, 0) is 9.47 Å². The number of anilines is 1. The Kier molecular flexibility index (Phi) is 5.05. The molecule has 2 aromatic rings. The van der Waals surface area contributed by atoms with Crippen molar-refractivity contribution in [2.24, 2.45) is 0 Å². The summed E-state index contributed by atoms with van der Waals surface area (Å²) < 4.78 is 12.9. The summed E-state index contributed by atoms with van der Waals surface area (Å²) in [6.45, 7) is 9.57. The quantitative estimate of drug-likeness (QED) is 0.705. The van der Waals surface area contributed by atoms with E-state index in [1.54, 1.807) is 11.2 Å². The second-order valence-electron chi connectivity index (χ2n) is 8.11. The van der Waals surface area contributed by atoms with Gasteiger partial charge in [0, 0.05) is 26.2 Å². The van der Waals surface area contributed by atoms with Gasteiger partial charge in [0.2, 0.25) is 5.28 Å². The maximum Gasteiger partial charge on any atom is 0.410 e. The average molecular weight is 409 g/mol. The molecule has 0 aliphatic carbocycles. The smallest absolute Gasteiger partial charge is 0.410 e. The molecule has 0 spiro atoms. The van der Waals surface area contributed by atoms with E-state index in [1.807, 2.05) is 25.3 Å². The Labute approximate surface area is 168 Å². The molecule has 4 heterocycles. The normalized spacial score (nSPS) is 20.8. The van der Waals surface area contributed by atoms with Crippen LogP contribution in [0.4, 0.5) is 10.6 Å². The van der Waals surface area contributed by atoms with Crippen molar-refractivity contribution in [1.82, 2.24) is 24.4 Å². The van der Waals surface area contributed by atoms with Gasteiger partial charge in [0.15, 0.2) is 17.0 Å². The third-order valence-electron chi connectivity index (χ3n) is 4.89. The van der Waals surface area contributed by atoms with E-state index < -0.39 is 5.60 Å². The van der Waals surface area contributed by atoms with Crippen molar-refractivity contribution >= 4 is 34.7 Å². The highest BCUT2D eigenvalue weighted by Gasteiger charge is 2.32. The van der Waals surface area contributed by atoms with Crippen molar-refractivity contribution in [2.75, 3.05) is 44.3 Å². The molecule has 0 aromatic carbocycles. The zero-order valence-electron chi connectivity index (χ0n) is 16.4. The van der Waals surface area contributed by atoms with E-state index in [2.05, 4.69) is 19.9 Å². The second-order valence-corrected chi connectivity index (χ2v) is 8.45. The van der Waals surface area contributed by atoms with Gasteiger partial charge in [0.1, 0.15) is 5.60 Å². The molecule has 152 valence electrons. The van der Waals surface area contributed by atoms with Gasteiger partial charge in [-0.2, -0.15) is 9.97 Å². The van der Waals surface area contributed by atoms with E-state index in [-0.39, 0.29) is 17.4 Å². The number of carbonyl (C=O) groups excluding carboxylic acids is 1. The second kappa shape index (κ2) is 7.36. The number of nitrogens with zero attached hydrogens (tertiary/aromatic N) is 6. The van der Waals surface area contributed by atoms with Crippen LogP contribution in [0.3, 0.4) is 0 Å². The van der Waals surface area contributed by atoms with Crippen LogP contribution >= 0.6 is 11.6 Å². The molecule has 9 nitrogen and oxygen atoms in total. The van der Waals surface area contributed by atoms with Gasteiger partial charge in [-0.05, 0) is 38.8 Å². The summed E-state index contributed by atoms with van der Waals surface area (Å²) in [5.41, 5.74) is 0.907. The van der Waals surface area contributed by atoms with Crippen molar-refractivity contribution in [3.63, 3.8) is 0 Å². The van der Waals surface area contributed by atoms with Crippen LogP contribution in [0.25, 0.3) is 11.2 Å². The van der Waals surface area contributed by atoms with Crippen LogP contribution in [-0.4, -0.2) is 75.5 Å². The van der Waals surface area contributed by atoms with E-state index in [1.165, 1.54) is 0 Å². The molecule has 28 heavy (non-hydrogen) atoms. The monoisotopic (exact) mass is 408 g/mol. The van der Waals surface area contributed by atoms with E-state index in [0.717, 1.165) is 30.8 Å². The summed E-state index contributed by atoms with van der Waals surface area (Å²) in [5.74, 6) is 0.735. The molecule has 2 aliphatic heterocycles. The Bertz CT molecular complexity index is 874. The number of imidazole rings is 1. The van der Waals surface area contributed by atoms with Crippen molar-refractivity contribution in [3.8, 4) is 0 Å². The van der Waals surface area contributed by atoms with Crippen LogP contribution in [0.15, 0.2) is 6.33 Å². The predicted molar refractivity (Wildman–Crippen MR) is 105 cm³/mol. The van der Waals surface area contributed by atoms with Gasteiger partial charge in [-0.25, -0.2) is 9.78 Å². The van der Waals surface area contributed by atoms with Crippen molar-refractivity contribution in [1.29, 1.82) is 0 Å². The number of likely N-dealkylation sites (tertiary alicyclic amines) is 1. The summed E-state index contributed by atoms with van der Waals surface area (Å²) in [4.78, 5) is 29.6. The van der Waals surface area contributed by atoms with Crippen LogP contribution in [0.2, 0.25) is 5.28 Å². The van der Waals surface area contributed by atoms with Crippen molar-refractivity contribution in [3.05, 3.63) is 11.6 Å². The maximum absolute atomic E-state index is 12.4. The molecule has 0 N–H and O–H groups in total. The molecule has 0 saturated carbocycles. The Balaban J connectivity index is 1.58. The number of amides is 1. The Morgan fingerprint density at radius 3 is 2.71 bits per heavy atom. The molecular formula is C18H25ClN6O3. The standard InChI is InChI=1S/C18H25ClN6O3/c1-18(2,3)28-17(26)24-5-4-12(10-24)25-11-20-13-14(21-16(19)22-15(13)25)23-6-8-27-9-7-23/h11-12H,4-10H2,1-3H3/t12-/m0/s1. The Morgan fingerprint density at radius 1 is 1.25 bits per heavy atom. The molecule has 1 atom stereocenters. The molecule has 0 bridgehead atoms. The first-order valence-electron chi connectivity index (χ1n) is 9.52. The fraction of sp³-hybridized carbons (Fsp3) is 0.667. The van der Waals surface area contributed by atoms with Crippen molar-refractivity contribution in [2.45, 2.75) is 38.8 Å². The Morgan fingerprint density at radius 2 is 2.00 bits per heavy atom. The number of halogens is 1. The summed E-state index contributed by atoms with van der Waals surface area (Å²) in [6, 6.07) is 0.0704. The summed E-state index contributed by atoms with van der Waals surface area (Å²) in [6.07, 6.45) is 2.28. The highest BCUT2D eigenvalue weighted by molar-refractivity contribution is 6.28. The lowest BCUT2D eigenvalue weighted by atomic mass is 10.2.